The van der Waals surface area contributed by atoms with Gasteiger partial charge in [0.1, 0.15) is 11.6 Å². The summed E-state index contributed by atoms with van der Waals surface area (Å²) in [5, 5.41) is 19.0. The minimum absolute atomic E-state index is 0.0300. The Morgan fingerprint density at radius 3 is 2.54 bits per heavy atom. The number of aromatic nitrogens is 2. The highest BCUT2D eigenvalue weighted by Crippen LogP contribution is 2.23. The van der Waals surface area contributed by atoms with E-state index in [-0.39, 0.29) is 26.7 Å². The fourth-order valence-corrected chi connectivity index (χ4v) is 4.65. The zero-order valence-electron chi connectivity index (χ0n) is 14.6. The fraction of sp³-hybridized carbons (Fsp3) is 0.294. The summed E-state index contributed by atoms with van der Waals surface area (Å²) in [4.78, 5) is 12.2. The summed E-state index contributed by atoms with van der Waals surface area (Å²) in [6, 6.07) is 9.16. The van der Waals surface area contributed by atoms with Gasteiger partial charge in [-0.1, -0.05) is 55.0 Å². The molecule has 0 spiro atoms. The van der Waals surface area contributed by atoms with Crippen LogP contribution < -0.4 is 5.32 Å². The molecule has 1 aromatic heterocycles. The van der Waals surface area contributed by atoms with Crippen LogP contribution in [0.5, 0.6) is 0 Å². The lowest BCUT2D eigenvalue weighted by Gasteiger charge is -2.02. The third-order valence-electron chi connectivity index (χ3n) is 3.20. The molecule has 0 bridgehead atoms. The number of nitrogens with one attached hydrogen (secondary N) is 1. The van der Waals surface area contributed by atoms with E-state index in [1.165, 1.54) is 6.08 Å². The van der Waals surface area contributed by atoms with Crippen LogP contribution in [-0.2, 0) is 14.6 Å². The molecule has 0 fully saturated rings. The van der Waals surface area contributed by atoms with Crippen molar-refractivity contribution in [1.29, 1.82) is 5.26 Å². The Balaban J connectivity index is 2.16. The summed E-state index contributed by atoms with van der Waals surface area (Å²) in [6.45, 7) is 5.51. The van der Waals surface area contributed by atoms with Crippen molar-refractivity contribution in [3.8, 4) is 6.07 Å². The number of rotatable bonds is 6. The van der Waals surface area contributed by atoms with Crippen LogP contribution in [0.3, 0.4) is 0 Å². The Morgan fingerprint density at radius 2 is 1.96 bits per heavy atom. The maximum absolute atomic E-state index is 12.2. The molecule has 0 aliphatic rings. The molecule has 0 unspecified atom stereocenters. The van der Waals surface area contributed by atoms with Crippen molar-refractivity contribution in [2.24, 2.45) is 5.92 Å². The van der Waals surface area contributed by atoms with E-state index in [2.05, 4.69) is 15.5 Å². The Kier molecular flexibility index (Phi) is 6.23. The predicted molar refractivity (Wildman–Crippen MR) is 100 cm³/mol. The molecule has 2 aromatic rings. The highest BCUT2D eigenvalue weighted by atomic mass is 32.2. The minimum atomic E-state index is -3.54. The molecule has 0 radical (unpaired) electrons. The molecule has 136 valence electrons. The highest BCUT2D eigenvalue weighted by molar-refractivity contribution is 7.93. The molecule has 0 aliphatic carbocycles. The van der Waals surface area contributed by atoms with Crippen molar-refractivity contribution < 1.29 is 13.2 Å². The van der Waals surface area contributed by atoms with Crippen molar-refractivity contribution in [2.75, 3.05) is 11.1 Å². The van der Waals surface area contributed by atoms with Gasteiger partial charge in [0, 0.05) is 0 Å². The topological polar surface area (TPSA) is 113 Å². The van der Waals surface area contributed by atoms with E-state index in [9.17, 15) is 18.5 Å². The molecule has 0 saturated heterocycles. The van der Waals surface area contributed by atoms with Crippen LogP contribution in [0.15, 0.2) is 34.2 Å². The normalized spacial score (nSPS) is 12.0. The van der Waals surface area contributed by atoms with Crippen LogP contribution in [0.4, 0.5) is 5.13 Å². The smallest absolute Gasteiger partial charge is 0.268 e. The van der Waals surface area contributed by atoms with Gasteiger partial charge in [-0.05, 0) is 24.5 Å². The average Bonchev–Trinajstić information content (AvgIpc) is 3.02. The van der Waals surface area contributed by atoms with Crippen molar-refractivity contribution in [3.05, 3.63) is 41.0 Å². The number of anilines is 1. The van der Waals surface area contributed by atoms with Crippen LogP contribution in [0, 0.1) is 24.2 Å². The molecule has 1 heterocycles. The molecule has 0 aliphatic heterocycles. The Hall–Kier alpha value is -2.57. The highest BCUT2D eigenvalue weighted by Gasteiger charge is 2.22. The first-order valence-electron chi connectivity index (χ1n) is 7.77. The van der Waals surface area contributed by atoms with Gasteiger partial charge in [0.05, 0.1) is 5.75 Å². The van der Waals surface area contributed by atoms with Gasteiger partial charge in [-0.15, -0.1) is 10.2 Å². The van der Waals surface area contributed by atoms with E-state index in [4.69, 9.17) is 0 Å². The lowest BCUT2D eigenvalue weighted by molar-refractivity contribution is -0.112. The van der Waals surface area contributed by atoms with Crippen molar-refractivity contribution in [2.45, 2.75) is 25.1 Å². The Bertz CT molecular complexity index is 968. The van der Waals surface area contributed by atoms with E-state index in [0.717, 1.165) is 16.9 Å². The summed E-state index contributed by atoms with van der Waals surface area (Å²) in [5.74, 6) is -0.770. The number of hydrogen-bond donors (Lipinski definition) is 1. The van der Waals surface area contributed by atoms with Crippen LogP contribution in [-0.4, -0.2) is 30.3 Å². The standard InChI is InChI=1S/C17H18N4O3S2/c1-11(2)10-26(23,24)17-21-20-16(25-17)19-15(22)14(9-18)8-13-6-4-12(3)5-7-13/h4-8,11H,10H2,1-3H3,(H,19,20,22). The van der Waals surface area contributed by atoms with E-state index >= 15 is 0 Å². The molecule has 1 N–H and O–H groups in total. The summed E-state index contributed by atoms with van der Waals surface area (Å²) in [7, 11) is -3.54. The number of nitrogens with zero attached hydrogens (tertiary/aromatic N) is 3. The lowest BCUT2D eigenvalue weighted by Crippen LogP contribution is -2.13. The SMILES string of the molecule is Cc1ccc(C=C(C#N)C(=O)Nc2nnc(S(=O)(=O)CC(C)C)s2)cc1. The quantitative estimate of drug-likeness (QED) is 0.461. The van der Waals surface area contributed by atoms with Crippen LogP contribution in [0.2, 0.25) is 0 Å². The van der Waals surface area contributed by atoms with Gasteiger partial charge in [-0.2, -0.15) is 5.26 Å². The summed E-state index contributed by atoms with van der Waals surface area (Å²) < 4.78 is 24.1. The second kappa shape index (κ2) is 8.21. The summed E-state index contributed by atoms with van der Waals surface area (Å²) in [5.41, 5.74) is 1.66. The van der Waals surface area contributed by atoms with E-state index < -0.39 is 15.7 Å². The summed E-state index contributed by atoms with van der Waals surface area (Å²) >= 11 is 0.768. The number of carbonyl (C=O) groups excluding carboxylic acids is 1. The van der Waals surface area contributed by atoms with Gasteiger partial charge in [-0.3, -0.25) is 10.1 Å². The Morgan fingerprint density at radius 1 is 1.31 bits per heavy atom. The fourth-order valence-electron chi connectivity index (χ4n) is 2.04. The molecule has 1 aromatic carbocycles. The lowest BCUT2D eigenvalue weighted by atomic mass is 10.1. The van der Waals surface area contributed by atoms with Crippen LogP contribution >= 0.6 is 11.3 Å². The third-order valence-corrected chi connectivity index (χ3v) is 6.56. The zero-order valence-corrected chi connectivity index (χ0v) is 16.2. The molecule has 1 amide bonds. The number of nitriles is 1. The molecule has 26 heavy (non-hydrogen) atoms. The summed E-state index contributed by atoms with van der Waals surface area (Å²) in [6.07, 6.45) is 1.45. The maximum atomic E-state index is 12.2. The van der Waals surface area contributed by atoms with Crippen molar-refractivity contribution in [3.63, 3.8) is 0 Å². The Labute approximate surface area is 156 Å². The molecule has 9 heteroatoms. The number of benzene rings is 1. The van der Waals surface area contributed by atoms with E-state index in [1.54, 1.807) is 26.0 Å². The molecule has 2 rings (SSSR count). The number of sulfone groups is 1. The van der Waals surface area contributed by atoms with Crippen LogP contribution in [0.1, 0.15) is 25.0 Å². The number of aryl methyl sites for hydroxylation is 1. The van der Waals surface area contributed by atoms with Gasteiger partial charge < -0.3 is 0 Å². The predicted octanol–water partition coefficient (Wildman–Crippen LogP) is 2.82. The first kappa shape index (κ1) is 19.8. The van der Waals surface area contributed by atoms with Gasteiger partial charge >= 0.3 is 0 Å². The minimum Gasteiger partial charge on any atom is -0.296 e. The zero-order chi connectivity index (χ0) is 19.3. The van der Waals surface area contributed by atoms with E-state index in [0.29, 0.717) is 5.56 Å². The molecular formula is C17H18N4O3S2. The molecule has 7 nitrogen and oxygen atoms in total. The number of hydrogen-bond acceptors (Lipinski definition) is 7. The third kappa shape index (κ3) is 5.21. The second-order valence-electron chi connectivity index (χ2n) is 6.08. The number of amides is 1. The van der Waals surface area contributed by atoms with E-state index in [1.807, 2.05) is 25.1 Å². The monoisotopic (exact) mass is 390 g/mol. The second-order valence-corrected chi connectivity index (χ2v) is 9.27. The van der Waals surface area contributed by atoms with Gasteiger partial charge in [0.2, 0.25) is 19.3 Å². The maximum Gasteiger partial charge on any atom is 0.268 e. The van der Waals surface area contributed by atoms with Crippen molar-refractivity contribution in [1.82, 2.24) is 10.2 Å². The number of carbonyl (C=O) groups is 1. The van der Waals surface area contributed by atoms with Gasteiger partial charge in [-0.25, -0.2) is 8.42 Å². The molecule has 0 atom stereocenters. The van der Waals surface area contributed by atoms with Gasteiger partial charge in [0.15, 0.2) is 0 Å². The van der Waals surface area contributed by atoms with Crippen molar-refractivity contribution >= 4 is 38.3 Å². The van der Waals surface area contributed by atoms with Gasteiger partial charge in [0.25, 0.3) is 5.91 Å². The first-order chi connectivity index (χ1) is 12.2. The molecular weight excluding hydrogens is 372 g/mol. The van der Waals surface area contributed by atoms with Crippen LogP contribution in [0.25, 0.3) is 6.08 Å². The average molecular weight is 390 g/mol. The first-order valence-corrected chi connectivity index (χ1v) is 10.2. The largest absolute Gasteiger partial charge is 0.296 e. The molecule has 0 saturated carbocycles.